The molecule has 0 atom stereocenters. The third-order valence-electron chi connectivity index (χ3n) is 7.66. The van der Waals surface area contributed by atoms with Crippen molar-refractivity contribution in [3.8, 4) is 28.0 Å². The zero-order chi connectivity index (χ0) is 27.2. The van der Waals surface area contributed by atoms with E-state index in [9.17, 15) is 14.7 Å². The largest absolute Gasteiger partial charge is 0.478 e. The highest BCUT2D eigenvalue weighted by Crippen LogP contribution is 2.42. The molecule has 0 aliphatic heterocycles. The first-order chi connectivity index (χ1) is 19.6. The second-order valence-corrected chi connectivity index (χ2v) is 9.79. The Bertz CT molecular complexity index is 2100. The molecule has 7 aromatic rings. The Morgan fingerprint density at radius 3 is 1.77 bits per heavy atom. The van der Waals surface area contributed by atoms with E-state index >= 15 is 0 Å². The van der Waals surface area contributed by atoms with E-state index in [-0.39, 0.29) is 5.56 Å². The Morgan fingerprint density at radius 1 is 0.550 bits per heavy atom. The van der Waals surface area contributed by atoms with Crippen LogP contribution in [0.4, 0.5) is 0 Å². The number of carbonyl (C=O) groups excluding carboxylic acids is 1. The highest BCUT2D eigenvalue weighted by Gasteiger charge is 2.20. The number of carboxylic acids is 1. The summed E-state index contributed by atoms with van der Waals surface area (Å²) >= 11 is 0. The summed E-state index contributed by atoms with van der Waals surface area (Å²) in [5.41, 5.74) is 2.67. The average Bonchev–Trinajstić information content (AvgIpc) is 3.00. The van der Waals surface area contributed by atoms with Crippen molar-refractivity contribution in [2.24, 2.45) is 0 Å². The summed E-state index contributed by atoms with van der Waals surface area (Å²) in [5, 5.41) is 18.9. The lowest BCUT2D eigenvalue weighted by atomic mass is 9.89. The van der Waals surface area contributed by atoms with E-state index in [1.807, 2.05) is 72.8 Å². The highest BCUT2D eigenvalue weighted by molar-refractivity contribution is 6.25. The van der Waals surface area contributed by atoms with Gasteiger partial charge in [-0.25, -0.2) is 4.79 Å². The summed E-state index contributed by atoms with van der Waals surface area (Å²) in [6.45, 7) is 0.385. The standard InChI is InChI=1S/C36H22O4/c37-21-40-35-20-33(25-15-7-9-22-8-1-2-10-24(22)25)34(36(38)39)19-31(35)23-16-17-30-28-13-4-3-11-26(28)27-12-5-6-14-29(27)32(30)18-23/h1-21H,(H,38,39). The molecule has 0 radical (unpaired) electrons. The normalized spacial score (nSPS) is 11.3. The molecule has 0 aliphatic carbocycles. The average molecular weight is 519 g/mol. The maximum atomic E-state index is 12.6. The van der Waals surface area contributed by atoms with Crippen molar-refractivity contribution in [3.63, 3.8) is 0 Å². The quantitative estimate of drug-likeness (QED) is 0.183. The van der Waals surface area contributed by atoms with Gasteiger partial charge in [-0.1, -0.05) is 103 Å². The van der Waals surface area contributed by atoms with Crippen LogP contribution in [0.3, 0.4) is 0 Å². The Balaban J connectivity index is 1.52. The molecule has 0 amide bonds. The lowest BCUT2D eigenvalue weighted by Gasteiger charge is -2.16. The molecule has 1 N–H and O–H groups in total. The molecule has 7 aromatic carbocycles. The van der Waals surface area contributed by atoms with Crippen LogP contribution in [0, 0.1) is 0 Å². The van der Waals surface area contributed by atoms with Crippen LogP contribution >= 0.6 is 0 Å². The van der Waals surface area contributed by atoms with Crippen molar-refractivity contribution < 1.29 is 19.4 Å². The van der Waals surface area contributed by atoms with E-state index in [0.29, 0.717) is 23.3 Å². The fraction of sp³-hybridized carbons (Fsp3) is 0. The van der Waals surface area contributed by atoms with Gasteiger partial charge >= 0.3 is 5.97 Å². The second-order valence-electron chi connectivity index (χ2n) is 9.79. The fourth-order valence-electron chi connectivity index (χ4n) is 5.89. The van der Waals surface area contributed by atoms with Gasteiger partial charge in [0.15, 0.2) is 0 Å². The van der Waals surface area contributed by atoms with Crippen molar-refractivity contribution >= 4 is 55.5 Å². The lowest BCUT2D eigenvalue weighted by molar-refractivity contribution is -0.120. The number of ether oxygens (including phenoxy) is 1. The van der Waals surface area contributed by atoms with Crippen LogP contribution < -0.4 is 4.74 Å². The first-order valence-electron chi connectivity index (χ1n) is 13.0. The predicted molar refractivity (Wildman–Crippen MR) is 161 cm³/mol. The Kier molecular flexibility index (Phi) is 5.53. The number of fused-ring (bicyclic) bond motifs is 7. The zero-order valence-electron chi connectivity index (χ0n) is 21.3. The minimum atomic E-state index is -1.06. The Hall–Kier alpha value is -5.48. The van der Waals surface area contributed by atoms with Gasteiger partial charge in [0.25, 0.3) is 6.47 Å². The molecule has 40 heavy (non-hydrogen) atoms. The summed E-state index contributed by atoms with van der Waals surface area (Å²) in [5.74, 6) is -0.758. The number of carbonyl (C=O) groups is 2. The number of hydrogen-bond donors (Lipinski definition) is 1. The van der Waals surface area contributed by atoms with Gasteiger partial charge in [-0.05, 0) is 72.4 Å². The van der Waals surface area contributed by atoms with Crippen molar-refractivity contribution in [2.45, 2.75) is 0 Å². The van der Waals surface area contributed by atoms with Crippen molar-refractivity contribution in [1.82, 2.24) is 0 Å². The van der Waals surface area contributed by atoms with Gasteiger partial charge in [-0.15, -0.1) is 0 Å². The Labute approximate surface area is 229 Å². The second kappa shape index (κ2) is 9.37. The number of benzene rings is 7. The van der Waals surface area contributed by atoms with Gasteiger partial charge < -0.3 is 9.84 Å². The molecule has 0 aromatic heterocycles. The van der Waals surface area contributed by atoms with E-state index in [1.54, 1.807) is 12.1 Å². The molecule has 0 fully saturated rings. The van der Waals surface area contributed by atoms with Crippen LogP contribution in [0.2, 0.25) is 0 Å². The number of hydrogen-bond acceptors (Lipinski definition) is 3. The highest BCUT2D eigenvalue weighted by atomic mass is 16.5. The smallest absolute Gasteiger partial charge is 0.336 e. The van der Waals surface area contributed by atoms with Crippen molar-refractivity contribution in [3.05, 3.63) is 127 Å². The predicted octanol–water partition coefficient (Wildman–Crippen LogP) is 8.87. The van der Waals surface area contributed by atoms with Gasteiger partial charge in [-0.3, -0.25) is 4.79 Å². The summed E-state index contributed by atoms with van der Waals surface area (Å²) < 4.78 is 5.50. The molecule has 0 aliphatic rings. The number of carboxylic acid groups (broad SMARTS) is 1. The fourth-order valence-corrected chi connectivity index (χ4v) is 5.89. The van der Waals surface area contributed by atoms with Crippen LogP contribution in [0.15, 0.2) is 121 Å². The molecule has 4 nitrogen and oxygen atoms in total. The zero-order valence-corrected chi connectivity index (χ0v) is 21.3. The monoisotopic (exact) mass is 518 g/mol. The van der Waals surface area contributed by atoms with Crippen LogP contribution in [-0.2, 0) is 4.79 Å². The summed E-state index contributed by atoms with van der Waals surface area (Å²) in [6, 6.07) is 39.5. The molecule has 0 heterocycles. The van der Waals surface area contributed by atoms with Gasteiger partial charge in [0.1, 0.15) is 5.75 Å². The van der Waals surface area contributed by atoms with Gasteiger partial charge in [-0.2, -0.15) is 0 Å². The molecule has 7 rings (SSSR count). The summed E-state index contributed by atoms with van der Waals surface area (Å²) in [7, 11) is 0. The topological polar surface area (TPSA) is 63.6 Å². The molecule has 190 valence electrons. The number of aromatic carboxylic acids is 1. The third-order valence-corrected chi connectivity index (χ3v) is 7.66. The van der Waals surface area contributed by atoms with E-state index in [4.69, 9.17) is 4.74 Å². The van der Waals surface area contributed by atoms with Crippen LogP contribution in [0.1, 0.15) is 10.4 Å². The van der Waals surface area contributed by atoms with Gasteiger partial charge in [0.05, 0.1) is 5.56 Å². The van der Waals surface area contributed by atoms with E-state index in [1.165, 1.54) is 5.39 Å². The lowest BCUT2D eigenvalue weighted by Crippen LogP contribution is -2.03. The van der Waals surface area contributed by atoms with Crippen LogP contribution in [-0.4, -0.2) is 17.5 Å². The molecular formula is C36H22O4. The SMILES string of the molecule is O=COc1cc(-c2cccc3ccccc23)c(C(=O)O)cc1-c1ccc2c3ccccc3c3ccccc3c2c1. The minimum absolute atomic E-state index is 0.132. The first-order valence-corrected chi connectivity index (χ1v) is 13.0. The summed E-state index contributed by atoms with van der Waals surface area (Å²) in [6.07, 6.45) is 0. The minimum Gasteiger partial charge on any atom is -0.478 e. The van der Waals surface area contributed by atoms with Crippen molar-refractivity contribution in [2.75, 3.05) is 0 Å². The maximum absolute atomic E-state index is 12.6. The third kappa shape index (κ3) is 3.69. The van der Waals surface area contributed by atoms with E-state index in [0.717, 1.165) is 48.8 Å². The maximum Gasteiger partial charge on any atom is 0.336 e. The van der Waals surface area contributed by atoms with Crippen LogP contribution in [0.25, 0.3) is 65.3 Å². The van der Waals surface area contributed by atoms with E-state index < -0.39 is 5.97 Å². The first kappa shape index (κ1) is 23.6. The van der Waals surface area contributed by atoms with Gasteiger partial charge in [0, 0.05) is 11.1 Å². The van der Waals surface area contributed by atoms with E-state index in [2.05, 4.69) is 36.4 Å². The molecule has 0 bridgehead atoms. The molecular weight excluding hydrogens is 496 g/mol. The van der Waals surface area contributed by atoms with Crippen LogP contribution in [0.5, 0.6) is 5.75 Å². The molecule has 0 saturated heterocycles. The summed E-state index contributed by atoms with van der Waals surface area (Å²) in [4.78, 5) is 24.2. The molecule has 0 spiro atoms. The number of rotatable bonds is 5. The molecule has 0 saturated carbocycles. The molecule has 4 heteroatoms. The molecule has 0 unspecified atom stereocenters. The van der Waals surface area contributed by atoms with Gasteiger partial charge in [0.2, 0.25) is 0 Å². The Morgan fingerprint density at radius 2 is 1.12 bits per heavy atom. The van der Waals surface area contributed by atoms with Crippen molar-refractivity contribution in [1.29, 1.82) is 0 Å².